The van der Waals surface area contributed by atoms with E-state index in [1.807, 2.05) is 20.9 Å². The first-order chi connectivity index (χ1) is 9.72. The van der Waals surface area contributed by atoms with E-state index >= 15 is 0 Å². The lowest BCUT2D eigenvalue weighted by atomic mass is 10.2. The molecule has 114 valence electrons. The number of nitrogens with zero attached hydrogens (tertiary/aromatic N) is 2. The Balaban J connectivity index is 2.26. The Labute approximate surface area is 141 Å². The van der Waals surface area contributed by atoms with E-state index in [0.717, 1.165) is 21.4 Å². The molecule has 0 aliphatic heterocycles. The number of aryl methyl sites for hydroxylation is 2. The summed E-state index contributed by atoms with van der Waals surface area (Å²) in [5.41, 5.74) is 2.67. The van der Waals surface area contributed by atoms with E-state index < -0.39 is 10.0 Å². The minimum absolute atomic E-state index is 0.213. The van der Waals surface area contributed by atoms with Gasteiger partial charge in [-0.15, -0.1) is 0 Å². The molecule has 0 saturated carbocycles. The number of hydrogen-bond donors (Lipinski definition) is 1. The lowest BCUT2D eigenvalue weighted by molar-refractivity contribution is 0.580. The van der Waals surface area contributed by atoms with Crippen molar-refractivity contribution in [2.75, 3.05) is 0 Å². The minimum Gasteiger partial charge on any atom is -0.272 e. The quantitative estimate of drug-likeness (QED) is 0.800. The number of sulfonamides is 1. The number of hydrogen-bond acceptors (Lipinski definition) is 3. The zero-order valence-corrected chi connectivity index (χ0v) is 15.8. The summed E-state index contributed by atoms with van der Waals surface area (Å²) >= 11 is 6.58. The first-order valence-electron chi connectivity index (χ1n) is 6.16. The van der Waals surface area contributed by atoms with Gasteiger partial charge in [0.05, 0.1) is 10.6 Å². The van der Waals surface area contributed by atoms with Crippen LogP contribution in [0.25, 0.3) is 0 Å². The van der Waals surface area contributed by atoms with Crippen molar-refractivity contribution in [3.05, 3.63) is 44.1 Å². The smallest absolute Gasteiger partial charge is 0.241 e. The van der Waals surface area contributed by atoms with Gasteiger partial charge in [-0.05, 0) is 48.0 Å². The van der Waals surface area contributed by atoms with Crippen LogP contribution in [-0.2, 0) is 23.6 Å². The molecule has 1 N–H and O–H groups in total. The molecule has 1 aromatic carbocycles. The standard InChI is InChI=1S/C13H15Br2N3O2S/c1-8-11(9(2)18(3)17-8)7-16-21(19,20)13-5-4-10(14)6-12(13)15/h4-6,16H,7H2,1-3H3. The summed E-state index contributed by atoms with van der Waals surface area (Å²) in [5.74, 6) is 0. The van der Waals surface area contributed by atoms with Crippen molar-refractivity contribution >= 4 is 41.9 Å². The SMILES string of the molecule is Cc1nn(C)c(C)c1CNS(=O)(=O)c1ccc(Br)cc1Br. The van der Waals surface area contributed by atoms with Crippen LogP contribution in [0.1, 0.15) is 17.0 Å². The van der Waals surface area contributed by atoms with Crippen LogP contribution < -0.4 is 4.72 Å². The highest BCUT2D eigenvalue weighted by Gasteiger charge is 2.19. The number of halogens is 2. The Bertz CT molecular complexity index is 785. The van der Waals surface area contributed by atoms with Crippen molar-refractivity contribution in [3.8, 4) is 0 Å². The average Bonchev–Trinajstić information content (AvgIpc) is 2.60. The largest absolute Gasteiger partial charge is 0.272 e. The molecular formula is C13H15Br2N3O2S. The van der Waals surface area contributed by atoms with Crippen LogP contribution >= 0.6 is 31.9 Å². The van der Waals surface area contributed by atoms with Crippen molar-refractivity contribution < 1.29 is 8.42 Å². The van der Waals surface area contributed by atoms with Gasteiger partial charge in [0.2, 0.25) is 10.0 Å². The van der Waals surface area contributed by atoms with Crippen molar-refractivity contribution in [1.82, 2.24) is 14.5 Å². The van der Waals surface area contributed by atoms with Crippen LogP contribution in [0.2, 0.25) is 0 Å². The first-order valence-corrected chi connectivity index (χ1v) is 9.23. The third-order valence-corrected chi connectivity index (χ3v) is 6.15. The Kier molecular flexibility index (Phi) is 4.92. The zero-order valence-electron chi connectivity index (χ0n) is 11.8. The lowest BCUT2D eigenvalue weighted by Crippen LogP contribution is -2.24. The van der Waals surface area contributed by atoms with E-state index in [4.69, 9.17) is 0 Å². The first kappa shape index (κ1) is 16.7. The van der Waals surface area contributed by atoms with Gasteiger partial charge in [0.25, 0.3) is 0 Å². The van der Waals surface area contributed by atoms with Crippen molar-refractivity contribution in [2.24, 2.45) is 7.05 Å². The zero-order chi connectivity index (χ0) is 15.8. The highest BCUT2D eigenvalue weighted by molar-refractivity contribution is 9.11. The monoisotopic (exact) mass is 435 g/mol. The van der Waals surface area contributed by atoms with Crippen LogP contribution in [-0.4, -0.2) is 18.2 Å². The van der Waals surface area contributed by atoms with E-state index in [0.29, 0.717) is 4.47 Å². The summed E-state index contributed by atoms with van der Waals surface area (Å²) in [5, 5.41) is 4.28. The Morgan fingerprint density at radius 3 is 2.48 bits per heavy atom. The third kappa shape index (κ3) is 3.56. The average molecular weight is 437 g/mol. The highest BCUT2D eigenvalue weighted by Crippen LogP contribution is 2.26. The fourth-order valence-corrected chi connectivity index (χ4v) is 4.75. The Morgan fingerprint density at radius 1 is 1.29 bits per heavy atom. The maximum absolute atomic E-state index is 12.4. The lowest BCUT2D eigenvalue weighted by Gasteiger charge is -2.09. The topological polar surface area (TPSA) is 64.0 Å². The number of aromatic nitrogens is 2. The molecule has 21 heavy (non-hydrogen) atoms. The van der Waals surface area contributed by atoms with Gasteiger partial charge in [-0.25, -0.2) is 13.1 Å². The van der Waals surface area contributed by atoms with E-state index in [-0.39, 0.29) is 11.4 Å². The Morgan fingerprint density at radius 2 is 1.95 bits per heavy atom. The minimum atomic E-state index is -3.58. The van der Waals surface area contributed by atoms with E-state index in [1.165, 1.54) is 0 Å². The number of rotatable bonds is 4. The van der Waals surface area contributed by atoms with Gasteiger partial charge in [-0.3, -0.25) is 4.68 Å². The second-order valence-corrected chi connectivity index (χ2v) is 8.18. The normalized spacial score (nSPS) is 11.9. The molecule has 1 heterocycles. The summed E-state index contributed by atoms with van der Waals surface area (Å²) in [7, 11) is -1.75. The van der Waals surface area contributed by atoms with Gasteiger partial charge in [-0.1, -0.05) is 15.9 Å². The molecule has 0 aliphatic carbocycles. The molecular weight excluding hydrogens is 422 g/mol. The second-order valence-electron chi connectivity index (χ2n) is 4.67. The third-order valence-electron chi connectivity index (χ3n) is 3.28. The number of nitrogens with one attached hydrogen (secondary N) is 1. The van der Waals surface area contributed by atoms with Crippen LogP contribution in [0, 0.1) is 13.8 Å². The molecule has 0 fully saturated rings. The van der Waals surface area contributed by atoms with Crippen molar-refractivity contribution in [2.45, 2.75) is 25.3 Å². The predicted octanol–water partition coefficient (Wildman–Crippen LogP) is 3.04. The van der Waals surface area contributed by atoms with Crippen LogP contribution in [0.4, 0.5) is 0 Å². The predicted molar refractivity (Wildman–Crippen MR) is 88.5 cm³/mol. The van der Waals surface area contributed by atoms with Crippen LogP contribution in [0.15, 0.2) is 32.0 Å². The molecule has 8 heteroatoms. The molecule has 5 nitrogen and oxygen atoms in total. The highest BCUT2D eigenvalue weighted by atomic mass is 79.9. The van der Waals surface area contributed by atoms with Gasteiger partial charge in [0, 0.05) is 33.8 Å². The van der Waals surface area contributed by atoms with E-state index in [1.54, 1.807) is 22.9 Å². The molecule has 0 radical (unpaired) electrons. The van der Waals surface area contributed by atoms with Crippen LogP contribution in [0.3, 0.4) is 0 Å². The summed E-state index contributed by atoms with van der Waals surface area (Å²) in [6.45, 7) is 4.00. The number of benzene rings is 1. The van der Waals surface area contributed by atoms with Crippen molar-refractivity contribution in [3.63, 3.8) is 0 Å². The molecule has 0 aliphatic rings. The molecule has 1 aromatic heterocycles. The van der Waals surface area contributed by atoms with Gasteiger partial charge in [-0.2, -0.15) is 5.10 Å². The summed E-state index contributed by atoms with van der Waals surface area (Å²) in [6, 6.07) is 4.95. The summed E-state index contributed by atoms with van der Waals surface area (Å²) in [4.78, 5) is 0.213. The van der Waals surface area contributed by atoms with E-state index in [9.17, 15) is 8.42 Å². The second kappa shape index (κ2) is 6.20. The summed E-state index contributed by atoms with van der Waals surface area (Å²) in [6.07, 6.45) is 0. The maximum Gasteiger partial charge on any atom is 0.241 e. The fourth-order valence-electron chi connectivity index (χ4n) is 2.01. The molecule has 0 unspecified atom stereocenters. The van der Waals surface area contributed by atoms with Crippen LogP contribution in [0.5, 0.6) is 0 Å². The molecule has 2 rings (SSSR count). The molecule has 0 bridgehead atoms. The molecule has 0 atom stereocenters. The van der Waals surface area contributed by atoms with Gasteiger partial charge in [0.15, 0.2) is 0 Å². The van der Waals surface area contributed by atoms with Gasteiger partial charge >= 0.3 is 0 Å². The molecule has 2 aromatic rings. The molecule has 0 spiro atoms. The molecule has 0 amide bonds. The maximum atomic E-state index is 12.4. The fraction of sp³-hybridized carbons (Fsp3) is 0.308. The molecule has 0 saturated heterocycles. The van der Waals surface area contributed by atoms with E-state index in [2.05, 4.69) is 41.7 Å². The van der Waals surface area contributed by atoms with Crippen molar-refractivity contribution in [1.29, 1.82) is 0 Å². The summed E-state index contributed by atoms with van der Waals surface area (Å²) < 4.78 is 30.5. The van der Waals surface area contributed by atoms with Gasteiger partial charge < -0.3 is 0 Å². The van der Waals surface area contributed by atoms with Gasteiger partial charge in [0.1, 0.15) is 0 Å². The Hall–Kier alpha value is -0.700.